The van der Waals surface area contributed by atoms with Gasteiger partial charge in [-0.2, -0.15) is 0 Å². The van der Waals surface area contributed by atoms with Crippen molar-refractivity contribution in [2.45, 2.75) is 37.3 Å². The van der Waals surface area contributed by atoms with Crippen LogP contribution in [0.1, 0.15) is 25.1 Å². The Morgan fingerprint density at radius 2 is 2.33 bits per heavy atom. The minimum atomic E-state index is -3.48. The zero-order chi connectivity index (χ0) is 13.2. The standard InChI is InChI=1S/C11H20N4O2S/c1-9-14-11(8-15(9)2)18(16,17)13-7-10-5-3-4-6-12-10/h8,10,12-13H,3-7H2,1-2H3. The molecule has 1 unspecified atom stereocenters. The van der Waals surface area contributed by atoms with Crippen molar-refractivity contribution >= 4 is 10.0 Å². The molecular formula is C11H20N4O2S. The van der Waals surface area contributed by atoms with Gasteiger partial charge in [-0.15, -0.1) is 0 Å². The van der Waals surface area contributed by atoms with E-state index in [1.165, 1.54) is 12.6 Å². The van der Waals surface area contributed by atoms with E-state index in [1.54, 1.807) is 18.5 Å². The zero-order valence-electron chi connectivity index (χ0n) is 10.8. The highest BCUT2D eigenvalue weighted by molar-refractivity contribution is 7.89. The lowest BCUT2D eigenvalue weighted by atomic mass is 10.1. The van der Waals surface area contributed by atoms with Gasteiger partial charge in [-0.3, -0.25) is 0 Å². The van der Waals surface area contributed by atoms with Crippen molar-refractivity contribution in [3.8, 4) is 0 Å². The van der Waals surface area contributed by atoms with E-state index in [2.05, 4.69) is 15.0 Å². The molecule has 0 saturated carbocycles. The molecule has 6 nitrogen and oxygen atoms in total. The first-order chi connectivity index (χ1) is 8.49. The summed E-state index contributed by atoms with van der Waals surface area (Å²) in [5, 5.41) is 3.40. The van der Waals surface area contributed by atoms with Gasteiger partial charge in [-0.1, -0.05) is 6.42 Å². The lowest BCUT2D eigenvalue weighted by molar-refractivity contribution is 0.398. The van der Waals surface area contributed by atoms with Crippen LogP contribution < -0.4 is 10.0 Å². The van der Waals surface area contributed by atoms with Gasteiger partial charge in [0, 0.05) is 25.8 Å². The van der Waals surface area contributed by atoms with Crippen LogP contribution in [0.4, 0.5) is 0 Å². The molecule has 0 spiro atoms. The molecular weight excluding hydrogens is 252 g/mol. The number of hydrogen-bond donors (Lipinski definition) is 2. The Bertz CT molecular complexity index is 484. The van der Waals surface area contributed by atoms with Crippen molar-refractivity contribution in [3.63, 3.8) is 0 Å². The van der Waals surface area contributed by atoms with Gasteiger partial charge >= 0.3 is 0 Å². The second-order valence-corrected chi connectivity index (χ2v) is 6.45. The first-order valence-corrected chi connectivity index (χ1v) is 7.70. The summed E-state index contributed by atoms with van der Waals surface area (Å²) in [6.07, 6.45) is 4.88. The van der Waals surface area contributed by atoms with Crippen molar-refractivity contribution in [1.82, 2.24) is 19.6 Å². The summed E-state index contributed by atoms with van der Waals surface area (Å²) in [5.74, 6) is 0.686. The number of aryl methyl sites for hydroxylation is 2. The molecule has 1 aliphatic rings. The van der Waals surface area contributed by atoms with Crippen LogP contribution in [0.25, 0.3) is 0 Å². The second-order valence-electron chi connectivity index (χ2n) is 4.74. The fraction of sp³-hybridized carbons (Fsp3) is 0.727. The normalized spacial score (nSPS) is 21.1. The molecule has 2 N–H and O–H groups in total. The van der Waals surface area contributed by atoms with Gasteiger partial charge in [0.05, 0.1) is 0 Å². The largest absolute Gasteiger partial charge is 0.337 e. The number of aromatic nitrogens is 2. The molecule has 2 heterocycles. The Balaban J connectivity index is 1.98. The third kappa shape index (κ3) is 3.09. The minimum Gasteiger partial charge on any atom is -0.337 e. The smallest absolute Gasteiger partial charge is 0.259 e. The highest BCUT2D eigenvalue weighted by atomic mass is 32.2. The Kier molecular flexibility index (Phi) is 4.04. The first-order valence-electron chi connectivity index (χ1n) is 6.22. The summed E-state index contributed by atoms with van der Waals surface area (Å²) in [6.45, 7) is 3.18. The highest BCUT2D eigenvalue weighted by Crippen LogP contribution is 2.09. The molecule has 7 heteroatoms. The first kappa shape index (κ1) is 13.5. The molecule has 1 atom stereocenters. The van der Waals surface area contributed by atoms with Crippen LogP contribution >= 0.6 is 0 Å². The van der Waals surface area contributed by atoms with Crippen LogP contribution in [0.5, 0.6) is 0 Å². The van der Waals surface area contributed by atoms with E-state index in [0.717, 1.165) is 19.4 Å². The van der Waals surface area contributed by atoms with Crippen molar-refractivity contribution in [2.24, 2.45) is 7.05 Å². The topological polar surface area (TPSA) is 76.0 Å². The fourth-order valence-corrected chi connectivity index (χ4v) is 3.16. The predicted molar refractivity (Wildman–Crippen MR) is 68.8 cm³/mol. The van der Waals surface area contributed by atoms with Gasteiger partial charge in [0.1, 0.15) is 5.82 Å². The van der Waals surface area contributed by atoms with Crippen LogP contribution in [0.3, 0.4) is 0 Å². The third-order valence-corrected chi connectivity index (χ3v) is 4.59. The highest BCUT2D eigenvalue weighted by Gasteiger charge is 2.20. The predicted octanol–water partition coefficient (Wildman–Crippen LogP) is 0.149. The summed E-state index contributed by atoms with van der Waals surface area (Å²) < 4.78 is 28.4. The van der Waals surface area contributed by atoms with Crippen molar-refractivity contribution in [2.75, 3.05) is 13.1 Å². The molecule has 0 aliphatic carbocycles. The second kappa shape index (κ2) is 5.38. The molecule has 18 heavy (non-hydrogen) atoms. The summed E-state index contributed by atoms with van der Waals surface area (Å²) in [7, 11) is -1.70. The van der Waals surface area contributed by atoms with Crippen LogP contribution in [-0.2, 0) is 17.1 Å². The molecule has 0 bridgehead atoms. The zero-order valence-corrected chi connectivity index (χ0v) is 11.6. The molecule has 1 aromatic heterocycles. The molecule has 1 fully saturated rings. The Morgan fingerprint density at radius 3 is 2.89 bits per heavy atom. The summed E-state index contributed by atoms with van der Waals surface area (Å²) in [4.78, 5) is 4.04. The molecule has 0 aromatic carbocycles. The maximum absolute atomic E-state index is 12.0. The Labute approximate surface area is 108 Å². The number of hydrogen-bond acceptors (Lipinski definition) is 4. The van der Waals surface area contributed by atoms with Gasteiger partial charge in [0.2, 0.25) is 0 Å². The number of nitrogens with one attached hydrogen (secondary N) is 2. The molecule has 1 aromatic rings. The van der Waals surface area contributed by atoms with E-state index in [9.17, 15) is 8.42 Å². The average molecular weight is 272 g/mol. The van der Waals surface area contributed by atoms with Crippen molar-refractivity contribution in [1.29, 1.82) is 0 Å². The van der Waals surface area contributed by atoms with E-state index in [4.69, 9.17) is 0 Å². The van der Waals surface area contributed by atoms with E-state index in [1.807, 2.05) is 0 Å². The number of piperidine rings is 1. The van der Waals surface area contributed by atoms with Crippen molar-refractivity contribution < 1.29 is 8.42 Å². The van der Waals surface area contributed by atoms with E-state index >= 15 is 0 Å². The average Bonchev–Trinajstić information content (AvgIpc) is 2.70. The van der Waals surface area contributed by atoms with Gasteiger partial charge < -0.3 is 9.88 Å². The monoisotopic (exact) mass is 272 g/mol. The molecule has 0 amide bonds. The van der Waals surface area contributed by atoms with E-state index in [0.29, 0.717) is 12.4 Å². The number of nitrogens with zero attached hydrogens (tertiary/aromatic N) is 2. The van der Waals surface area contributed by atoms with Crippen molar-refractivity contribution in [3.05, 3.63) is 12.0 Å². The van der Waals surface area contributed by atoms with Crippen LogP contribution in [-0.4, -0.2) is 37.1 Å². The lowest BCUT2D eigenvalue weighted by Crippen LogP contribution is -2.43. The number of imidazole rings is 1. The molecule has 1 aliphatic heterocycles. The minimum absolute atomic E-state index is 0.0957. The van der Waals surface area contributed by atoms with Gasteiger partial charge in [0.25, 0.3) is 10.0 Å². The van der Waals surface area contributed by atoms with Gasteiger partial charge in [-0.25, -0.2) is 18.1 Å². The van der Waals surface area contributed by atoms with Gasteiger partial charge in [-0.05, 0) is 26.3 Å². The van der Waals surface area contributed by atoms with E-state index in [-0.39, 0.29) is 11.1 Å². The molecule has 0 radical (unpaired) electrons. The number of rotatable bonds is 4. The third-order valence-electron chi connectivity index (χ3n) is 3.29. The Morgan fingerprint density at radius 1 is 1.56 bits per heavy atom. The summed E-state index contributed by atoms with van der Waals surface area (Å²) in [5.41, 5.74) is 0. The van der Waals surface area contributed by atoms with Crippen LogP contribution in [0.2, 0.25) is 0 Å². The van der Waals surface area contributed by atoms with Crippen LogP contribution in [0.15, 0.2) is 11.2 Å². The maximum Gasteiger partial charge on any atom is 0.259 e. The summed E-state index contributed by atoms with van der Waals surface area (Å²) in [6, 6.07) is 0.235. The van der Waals surface area contributed by atoms with E-state index < -0.39 is 10.0 Å². The number of sulfonamides is 1. The molecule has 2 rings (SSSR count). The lowest BCUT2D eigenvalue weighted by Gasteiger charge is -2.23. The molecule has 1 saturated heterocycles. The SMILES string of the molecule is Cc1nc(S(=O)(=O)NCC2CCCCN2)cn1C. The quantitative estimate of drug-likeness (QED) is 0.818. The fourth-order valence-electron chi connectivity index (χ4n) is 2.04. The van der Waals surface area contributed by atoms with Crippen LogP contribution in [0, 0.1) is 6.92 Å². The molecule has 102 valence electrons. The summed E-state index contributed by atoms with van der Waals surface area (Å²) >= 11 is 0. The Hall–Kier alpha value is -0.920. The van der Waals surface area contributed by atoms with Gasteiger partial charge in [0.15, 0.2) is 5.03 Å². The maximum atomic E-state index is 12.0.